The molecule has 4 N–H and O–H groups in total. The van der Waals surface area contributed by atoms with E-state index in [1.54, 1.807) is 0 Å². The van der Waals surface area contributed by atoms with E-state index >= 15 is 0 Å². The van der Waals surface area contributed by atoms with Crippen molar-refractivity contribution in [2.45, 2.75) is 18.5 Å². The lowest BCUT2D eigenvalue weighted by atomic mass is 10.0. The summed E-state index contributed by atoms with van der Waals surface area (Å²) in [5.74, 6) is -1.61. The van der Waals surface area contributed by atoms with Gasteiger partial charge in [-0.15, -0.1) is 11.3 Å². The molecule has 7 heteroatoms. The highest BCUT2D eigenvalue weighted by Crippen LogP contribution is 2.23. The van der Waals surface area contributed by atoms with Crippen LogP contribution in [0, 0.1) is 5.92 Å². The number of nitrogens with two attached hydrogens (primary N) is 1. The van der Waals surface area contributed by atoms with Crippen molar-refractivity contribution in [3.05, 3.63) is 22.4 Å². The van der Waals surface area contributed by atoms with Crippen molar-refractivity contribution < 1.29 is 19.4 Å². The molecular weight excluding hydrogens is 268 g/mol. The minimum Gasteiger partial charge on any atom is -0.481 e. The van der Waals surface area contributed by atoms with E-state index < -0.39 is 17.9 Å². The van der Waals surface area contributed by atoms with Crippen LogP contribution in [0.2, 0.25) is 0 Å². The lowest BCUT2D eigenvalue weighted by Gasteiger charge is -2.19. The first-order chi connectivity index (χ1) is 9.08. The van der Waals surface area contributed by atoms with Crippen LogP contribution in [0.4, 0.5) is 0 Å². The Morgan fingerprint density at radius 2 is 2.37 bits per heavy atom. The first-order valence-corrected chi connectivity index (χ1v) is 6.85. The number of hydrogen-bond acceptors (Lipinski definition) is 5. The maximum atomic E-state index is 12.1. The van der Waals surface area contributed by atoms with Crippen molar-refractivity contribution in [1.82, 2.24) is 5.32 Å². The molecule has 104 valence electrons. The zero-order valence-electron chi connectivity index (χ0n) is 10.2. The summed E-state index contributed by atoms with van der Waals surface area (Å²) in [4.78, 5) is 23.8. The van der Waals surface area contributed by atoms with Crippen LogP contribution >= 0.6 is 11.3 Å². The van der Waals surface area contributed by atoms with Gasteiger partial charge in [-0.05, 0) is 11.4 Å². The highest BCUT2D eigenvalue weighted by molar-refractivity contribution is 7.10. The first kappa shape index (κ1) is 14.0. The van der Waals surface area contributed by atoms with Gasteiger partial charge in [0, 0.05) is 10.9 Å². The van der Waals surface area contributed by atoms with E-state index in [-0.39, 0.29) is 25.0 Å². The smallest absolute Gasteiger partial charge is 0.305 e. The third-order valence-electron chi connectivity index (χ3n) is 3.04. The second-order valence-corrected chi connectivity index (χ2v) is 5.46. The van der Waals surface area contributed by atoms with Crippen LogP contribution in [0.15, 0.2) is 17.5 Å². The number of carboxylic acids is 1. The minimum absolute atomic E-state index is 0.144. The molecule has 0 saturated carbocycles. The van der Waals surface area contributed by atoms with Crippen molar-refractivity contribution in [3.63, 3.8) is 0 Å². The monoisotopic (exact) mass is 284 g/mol. The van der Waals surface area contributed by atoms with Gasteiger partial charge in [0.1, 0.15) is 0 Å². The minimum atomic E-state index is -0.953. The summed E-state index contributed by atoms with van der Waals surface area (Å²) >= 11 is 1.42. The highest BCUT2D eigenvalue weighted by Gasteiger charge is 2.33. The van der Waals surface area contributed by atoms with Gasteiger partial charge in [-0.3, -0.25) is 9.59 Å². The summed E-state index contributed by atoms with van der Waals surface area (Å²) in [5, 5.41) is 13.5. The topological polar surface area (TPSA) is 102 Å². The number of carbonyl (C=O) groups is 2. The maximum Gasteiger partial charge on any atom is 0.305 e. The highest BCUT2D eigenvalue weighted by atomic mass is 32.1. The Bertz CT molecular complexity index is 449. The number of thiophene rings is 1. The van der Waals surface area contributed by atoms with Gasteiger partial charge in [0.15, 0.2) is 0 Å². The Hall–Kier alpha value is -1.44. The molecule has 3 atom stereocenters. The molecule has 0 aliphatic carbocycles. The summed E-state index contributed by atoms with van der Waals surface area (Å²) in [5.41, 5.74) is 5.78. The second-order valence-electron chi connectivity index (χ2n) is 4.48. The van der Waals surface area contributed by atoms with Gasteiger partial charge in [0.25, 0.3) is 0 Å². The molecule has 0 bridgehead atoms. The third-order valence-corrected chi connectivity index (χ3v) is 4.03. The van der Waals surface area contributed by atoms with Crippen LogP contribution in [-0.4, -0.2) is 36.2 Å². The van der Waals surface area contributed by atoms with E-state index in [9.17, 15) is 9.59 Å². The summed E-state index contributed by atoms with van der Waals surface area (Å²) < 4.78 is 5.14. The predicted molar refractivity (Wildman–Crippen MR) is 69.7 cm³/mol. The molecule has 19 heavy (non-hydrogen) atoms. The molecule has 0 spiro atoms. The number of nitrogens with one attached hydrogen (secondary N) is 1. The number of ether oxygens (including phenoxy) is 1. The molecule has 1 aromatic heterocycles. The van der Waals surface area contributed by atoms with Crippen molar-refractivity contribution in [1.29, 1.82) is 0 Å². The van der Waals surface area contributed by atoms with Gasteiger partial charge in [-0.1, -0.05) is 6.07 Å². The van der Waals surface area contributed by atoms with Crippen molar-refractivity contribution in [3.8, 4) is 0 Å². The predicted octanol–water partition coefficient (Wildman–Crippen LogP) is 0.354. The third kappa shape index (κ3) is 3.52. The number of hydrogen-bond donors (Lipinski definition) is 3. The SMILES string of the molecule is NC1COCC1C(=O)NC(CC(=O)O)c1cccs1. The van der Waals surface area contributed by atoms with Crippen molar-refractivity contribution in [2.24, 2.45) is 11.7 Å². The Kier molecular flexibility index (Phi) is 4.52. The van der Waals surface area contributed by atoms with Gasteiger partial charge < -0.3 is 20.9 Å². The largest absolute Gasteiger partial charge is 0.481 e. The second kappa shape index (κ2) is 6.14. The fourth-order valence-electron chi connectivity index (χ4n) is 2.01. The van der Waals surface area contributed by atoms with Gasteiger partial charge in [-0.25, -0.2) is 0 Å². The van der Waals surface area contributed by atoms with E-state index in [1.165, 1.54) is 11.3 Å². The lowest BCUT2D eigenvalue weighted by molar-refractivity contribution is -0.137. The molecule has 1 fully saturated rings. The number of amides is 1. The molecule has 1 aromatic rings. The average Bonchev–Trinajstić information content (AvgIpc) is 2.97. The molecule has 2 rings (SSSR count). The Morgan fingerprint density at radius 1 is 1.58 bits per heavy atom. The van der Waals surface area contributed by atoms with Crippen LogP contribution in [0.25, 0.3) is 0 Å². The zero-order valence-corrected chi connectivity index (χ0v) is 11.1. The molecule has 3 unspecified atom stereocenters. The molecular formula is C12H16N2O4S. The summed E-state index contributed by atoms with van der Waals surface area (Å²) in [6, 6.07) is 2.79. The van der Waals surface area contributed by atoms with E-state index in [0.29, 0.717) is 6.61 Å². The molecule has 0 radical (unpaired) electrons. The molecule has 0 aromatic carbocycles. The van der Waals surface area contributed by atoms with Crippen LogP contribution < -0.4 is 11.1 Å². The fourth-order valence-corrected chi connectivity index (χ4v) is 2.78. The van der Waals surface area contributed by atoms with Crippen molar-refractivity contribution in [2.75, 3.05) is 13.2 Å². The maximum absolute atomic E-state index is 12.1. The first-order valence-electron chi connectivity index (χ1n) is 5.97. The van der Waals surface area contributed by atoms with Crippen LogP contribution in [0.3, 0.4) is 0 Å². The number of rotatable bonds is 5. The van der Waals surface area contributed by atoms with Crippen molar-refractivity contribution >= 4 is 23.2 Å². The Labute approximate surface area is 114 Å². The van der Waals surface area contributed by atoms with E-state index in [2.05, 4.69) is 5.32 Å². The van der Waals surface area contributed by atoms with Gasteiger partial charge in [-0.2, -0.15) is 0 Å². The van der Waals surface area contributed by atoms with E-state index in [1.807, 2.05) is 17.5 Å². The van der Waals surface area contributed by atoms with Gasteiger partial charge in [0.05, 0.1) is 31.6 Å². The lowest BCUT2D eigenvalue weighted by Crippen LogP contribution is -2.42. The number of aliphatic carboxylic acids is 1. The number of carbonyl (C=O) groups excluding carboxylic acids is 1. The standard InChI is InChI=1S/C12H16N2O4S/c13-8-6-18-5-7(8)12(17)14-9(4-11(15)16)10-2-1-3-19-10/h1-3,7-9H,4-6,13H2,(H,14,17)(H,15,16). The molecule has 1 amide bonds. The normalized spacial score (nSPS) is 24.1. The molecule has 1 aliphatic heterocycles. The molecule has 6 nitrogen and oxygen atoms in total. The van der Waals surface area contributed by atoms with Crippen LogP contribution in [0.1, 0.15) is 17.3 Å². The molecule has 1 aliphatic rings. The van der Waals surface area contributed by atoms with E-state index in [4.69, 9.17) is 15.6 Å². The molecule has 1 saturated heterocycles. The van der Waals surface area contributed by atoms with Crippen LogP contribution in [0.5, 0.6) is 0 Å². The quantitative estimate of drug-likeness (QED) is 0.724. The summed E-state index contributed by atoms with van der Waals surface area (Å²) in [7, 11) is 0. The van der Waals surface area contributed by atoms with Gasteiger partial charge in [0.2, 0.25) is 5.91 Å². The fraction of sp³-hybridized carbons (Fsp3) is 0.500. The van der Waals surface area contributed by atoms with Gasteiger partial charge >= 0.3 is 5.97 Å². The Morgan fingerprint density at radius 3 is 2.89 bits per heavy atom. The zero-order chi connectivity index (χ0) is 13.8. The molecule has 2 heterocycles. The summed E-state index contributed by atoms with van der Waals surface area (Å²) in [6.45, 7) is 0.651. The summed E-state index contributed by atoms with van der Waals surface area (Å²) in [6.07, 6.45) is -0.144. The Balaban J connectivity index is 2.03. The van der Waals surface area contributed by atoms with E-state index in [0.717, 1.165) is 4.88 Å². The number of carboxylic acid groups (broad SMARTS) is 1. The average molecular weight is 284 g/mol. The van der Waals surface area contributed by atoms with Crippen LogP contribution in [-0.2, 0) is 14.3 Å².